The van der Waals surface area contributed by atoms with E-state index in [9.17, 15) is 4.79 Å². The topological polar surface area (TPSA) is 66.5 Å². The summed E-state index contributed by atoms with van der Waals surface area (Å²) in [4.78, 5) is 12.1. The SMILES string of the molecule is C=CCC[C@]12CO[Si](C(C)(C)C)(C(C)(C)C)O[C@H](c3c(OC)cc(Br)c(OC(C)=O)c3CC(=C)C)[C@H]1O2. The van der Waals surface area contributed by atoms with Crippen molar-refractivity contribution in [2.75, 3.05) is 13.7 Å². The molecule has 0 radical (unpaired) electrons. The standard InChI is InChI=1S/C29H43BrO6Si/c1-12-13-14-29-17-33-37(27(5,6)7,28(8,9)10)36-25(26(29)35-29)23-20(15-18(2)3)24(34-19(4)31)21(30)16-22(23)32-11/h12,16,25-26H,1-2,13-15,17H2,3-11H3/t25-,26-,29+/m1/s1. The summed E-state index contributed by atoms with van der Waals surface area (Å²) in [6.45, 7) is 25.1. The molecule has 0 bridgehead atoms. The molecule has 6 nitrogen and oxygen atoms in total. The van der Waals surface area contributed by atoms with Crippen LogP contribution in [0.1, 0.15) is 85.5 Å². The van der Waals surface area contributed by atoms with Crippen LogP contribution in [-0.2, 0) is 24.8 Å². The Morgan fingerprint density at radius 2 is 1.86 bits per heavy atom. The van der Waals surface area contributed by atoms with Gasteiger partial charge in [0.15, 0.2) is 0 Å². The molecule has 0 aliphatic carbocycles. The molecule has 206 valence electrons. The first-order valence-corrected chi connectivity index (χ1v) is 15.5. The number of carbonyl (C=O) groups excluding carboxylic acids is 1. The Hall–Kier alpha value is -1.45. The summed E-state index contributed by atoms with van der Waals surface area (Å²) < 4.78 is 33.1. The van der Waals surface area contributed by atoms with Crippen molar-refractivity contribution in [1.29, 1.82) is 0 Å². The molecule has 0 N–H and O–H groups in total. The van der Waals surface area contributed by atoms with Crippen LogP contribution in [0.15, 0.2) is 35.3 Å². The Kier molecular flexibility index (Phi) is 8.63. The van der Waals surface area contributed by atoms with E-state index >= 15 is 0 Å². The number of epoxide rings is 1. The number of benzene rings is 1. The molecule has 2 fully saturated rings. The van der Waals surface area contributed by atoms with Gasteiger partial charge in [0, 0.05) is 28.1 Å². The monoisotopic (exact) mass is 594 g/mol. The van der Waals surface area contributed by atoms with Crippen molar-refractivity contribution < 1.29 is 27.9 Å². The molecule has 2 saturated heterocycles. The van der Waals surface area contributed by atoms with E-state index in [-0.39, 0.29) is 16.2 Å². The summed E-state index contributed by atoms with van der Waals surface area (Å²) in [5.41, 5.74) is 2.07. The highest BCUT2D eigenvalue weighted by molar-refractivity contribution is 9.10. The van der Waals surface area contributed by atoms with Gasteiger partial charge in [-0.15, -0.1) is 6.58 Å². The smallest absolute Gasteiger partial charge is 0.350 e. The van der Waals surface area contributed by atoms with Crippen LogP contribution in [0.25, 0.3) is 0 Å². The van der Waals surface area contributed by atoms with Gasteiger partial charge in [-0.25, -0.2) is 0 Å². The van der Waals surface area contributed by atoms with Gasteiger partial charge in [0.25, 0.3) is 0 Å². The van der Waals surface area contributed by atoms with Crippen LogP contribution >= 0.6 is 15.9 Å². The van der Waals surface area contributed by atoms with E-state index in [0.29, 0.717) is 29.0 Å². The number of methoxy groups -OCH3 is 1. The van der Waals surface area contributed by atoms with Crippen molar-refractivity contribution >= 4 is 30.5 Å². The predicted octanol–water partition coefficient (Wildman–Crippen LogP) is 7.74. The van der Waals surface area contributed by atoms with Gasteiger partial charge < -0.3 is 23.1 Å². The Bertz CT molecular complexity index is 1060. The number of fused-ring (bicyclic) bond motifs is 1. The molecule has 0 saturated carbocycles. The molecule has 0 amide bonds. The van der Waals surface area contributed by atoms with E-state index < -0.39 is 26.2 Å². The second-order valence-corrected chi connectivity index (χ2v) is 18.0. The van der Waals surface area contributed by atoms with Gasteiger partial charge in [-0.3, -0.25) is 4.79 Å². The lowest BCUT2D eigenvalue weighted by atomic mass is 9.89. The van der Waals surface area contributed by atoms with Crippen molar-refractivity contribution in [3.8, 4) is 11.5 Å². The van der Waals surface area contributed by atoms with Crippen molar-refractivity contribution in [3.05, 3.63) is 46.5 Å². The van der Waals surface area contributed by atoms with Gasteiger partial charge in [0.2, 0.25) is 0 Å². The Labute approximate surface area is 232 Å². The fraction of sp³-hybridized carbons (Fsp3) is 0.621. The van der Waals surface area contributed by atoms with E-state index in [1.54, 1.807) is 7.11 Å². The molecule has 3 atom stereocenters. The average molecular weight is 596 g/mol. The van der Waals surface area contributed by atoms with Gasteiger partial charge in [0.05, 0.1) is 18.2 Å². The van der Waals surface area contributed by atoms with Crippen LogP contribution < -0.4 is 9.47 Å². The Morgan fingerprint density at radius 3 is 2.35 bits per heavy atom. The minimum atomic E-state index is -2.94. The van der Waals surface area contributed by atoms with E-state index in [2.05, 4.69) is 70.6 Å². The molecule has 8 heteroatoms. The third kappa shape index (κ3) is 5.64. The molecule has 0 unspecified atom stereocenters. The highest BCUT2D eigenvalue weighted by atomic mass is 79.9. The maximum atomic E-state index is 12.1. The second-order valence-electron chi connectivity index (χ2n) is 12.4. The van der Waals surface area contributed by atoms with Crippen LogP contribution in [0.5, 0.6) is 11.5 Å². The maximum absolute atomic E-state index is 12.1. The molecular formula is C29H43BrO6Si. The quantitative estimate of drug-likeness (QED) is 0.101. The van der Waals surface area contributed by atoms with Crippen molar-refractivity contribution in [3.63, 3.8) is 0 Å². The molecule has 0 aromatic heterocycles. The molecule has 37 heavy (non-hydrogen) atoms. The average Bonchev–Trinajstić information content (AvgIpc) is 3.48. The van der Waals surface area contributed by atoms with Gasteiger partial charge >= 0.3 is 14.5 Å². The zero-order valence-corrected chi connectivity index (χ0v) is 26.5. The lowest BCUT2D eigenvalue weighted by molar-refractivity contribution is -0.132. The molecule has 2 aliphatic heterocycles. The number of hydrogen-bond acceptors (Lipinski definition) is 6. The van der Waals surface area contributed by atoms with Crippen LogP contribution in [0.4, 0.5) is 0 Å². The fourth-order valence-electron chi connectivity index (χ4n) is 5.80. The van der Waals surface area contributed by atoms with Gasteiger partial charge in [-0.2, -0.15) is 0 Å². The van der Waals surface area contributed by atoms with E-state index in [0.717, 1.165) is 29.5 Å². The number of hydrogen-bond donors (Lipinski definition) is 0. The van der Waals surface area contributed by atoms with E-state index in [1.807, 2.05) is 19.1 Å². The lowest BCUT2D eigenvalue weighted by Gasteiger charge is -2.50. The number of allylic oxidation sites excluding steroid dienone is 2. The largest absolute Gasteiger partial charge is 0.496 e. The second kappa shape index (κ2) is 10.6. The first kappa shape index (κ1) is 30.1. The number of esters is 1. The molecule has 3 rings (SSSR count). The third-order valence-electron chi connectivity index (χ3n) is 7.23. The fourth-order valence-corrected chi connectivity index (χ4v) is 11.3. The van der Waals surface area contributed by atoms with Crippen molar-refractivity contribution in [2.24, 2.45) is 0 Å². The number of carbonyl (C=O) groups is 1. The zero-order chi connectivity index (χ0) is 28.0. The summed E-state index contributed by atoms with van der Waals surface area (Å²) in [5.74, 6) is 0.696. The zero-order valence-electron chi connectivity index (χ0n) is 23.9. The minimum absolute atomic E-state index is 0.240. The van der Waals surface area contributed by atoms with Gasteiger partial charge in [0.1, 0.15) is 29.3 Å². The maximum Gasteiger partial charge on any atom is 0.350 e. The lowest BCUT2D eigenvalue weighted by Crippen LogP contribution is -2.58. The molecule has 0 spiro atoms. The summed E-state index contributed by atoms with van der Waals surface area (Å²) in [6.07, 6.45) is 3.27. The molecule has 1 aromatic rings. The molecule has 2 heterocycles. The third-order valence-corrected chi connectivity index (χ3v) is 12.9. The number of ether oxygens (including phenoxy) is 3. The summed E-state index contributed by atoms with van der Waals surface area (Å²) in [7, 11) is -1.30. The summed E-state index contributed by atoms with van der Waals surface area (Å²) in [6, 6.07) is 1.84. The van der Waals surface area contributed by atoms with Crippen LogP contribution in [0.3, 0.4) is 0 Å². The predicted molar refractivity (Wildman–Crippen MR) is 153 cm³/mol. The molecule has 1 aromatic carbocycles. The Balaban J connectivity index is 2.35. The van der Waals surface area contributed by atoms with Gasteiger partial charge in [-0.05, 0) is 48.2 Å². The van der Waals surface area contributed by atoms with Gasteiger partial charge in [-0.1, -0.05) is 59.8 Å². The highest BCUT2D eigenvalue weighted by Crippen LogP contribution is 2.62. The van der Waals surface area contributed by atoms with Crippen LogP contribution in [0, 0.1) is 0 Å². The highest BCUT2D eigenvalue weighted by Gasteiger charge is 2.70. The molecular weight excluding hydrogens is 552 g/mol. The Morgan fingerprint density at radius 1 is 1.24 bits per heavy atom. The van der Waals surface area contributed by atoms with E-state index in [1.165, 1.54) is 6.92 Å². The first-order chi connectivity index (χ1) is 17.0. The van der Waals surface area contributed by atoms with Crippen molar-refractivity contribution in [2.45, 2.75) is 103 Å². The summed E-state index contributed by atoms with van der Waals surface area (Å²) >= 11 is 3.60. The van der Waals surface area contributed by atoms with Crippen LogP contribution in [0.2, 0.25) is 10.1 Å². The minimum Gasteiger partial charge on any atom is -0.496 e. The summed E-state index contributed by atoms with van der Waals surface area (Å²) in [5, 5.41) is -0.481. The molecule has 2 aliphatic rings. The van der Waals surface area contributed by atoms with Crippen molar-refractivity contribution in [1.82, 2.24) is 0 Å². The number of rotatable bonds is 8. The first-order valence-electron chi connectivity index (χ1n) is 12.9. The van der Waals surface area contributed by atoms with E-state index in [4.69, 9.17) is 23.1 Å². The number of halogens is 1. The van der Waals surface area contributed by atoms with Crippen LogP contribution in [-0.4, -0.2) is 40.0 Å². The normalized spacial score (nSPS) is 25.0.